The zero-order valence-electron chi connectivity index (χ0n) is 27.4. The Morgan fingerprint density at radius 2 is 1.77 bits per heavy atom. The van der Waals surface area contributed by atoms with Gasteiger partial charge in [0.1, 0.15) is 0 Å². The molecule has 1 saturated heterocycles. The van der Waals surface area contributed by atoms with Gasteiger partial charge in [0.15, 0.2) is 8.32 Å². The lowest BCUT2D eigenvalue weighted by molar-refractivity contribution is -0.149. The topological polar surface area (TPSA) is 54.0 Å². The molecule has 226 valence electrons. The van der Waals surface area contributed by atoms with Gasteiger partial charge in [-0.1, -0.05) is 71.4 Å². The Morgan fingerprint density at radius 1 is 1.13 bits per heavy atom. The van der Waals surface area contributed by atoms with Crippen LogP contribution in [0.2, 0.25) is 18.1 Å². The molecule has 0 saturated carbocycles. The van der Waals surface area contributed by atoms with E-state index in [4.69, 9.17) is 18.6 Å². The summed E-state index contributed by atoms with van der Waals surface area (Å²) < 4.78 is 24.0. The van der Waals surface area contributed by atoms with Crippen molar-refractivity contribution >= 4 is 14.3 Å². The Hall–Kier alpha value is -1.21. The molecule has 1 aliphatic heterocycles. The minimum Gasteiger partial charge on any atom is -0.466 e. The molecule has 1 aliphatic rings. The van der Waals surface area contributed by atoms with Crippen LogP contribution in [0, 0.1) is 17.8 Å². The summed E-state index contributed by atoms with van der Waals surface area (Å²) in [5.41, 5.74) is 2.58. The molecule has 0 aliphatic carbocycles. The van der Waals surface area contributed by atoms with E-state index in [1.54, 1.807) is 7.11 Å². The molecule has 0 unspecified atom stereocenters. The summed E-state index contributed by atoms with van der Waals surface area (Å²) in [6, 6.07) is 0. The van der Waals surface area contributed by atoms with Gasteiger partial charge in [-0.2, -0.15) is 0 Å². The van der Waals surface area contributed by atoms with Crippen LogP contribution in [0.3, 0.4) is 0 Å². The van der Waals surface area contributed by atoms with Crippen molar-refractivity contribution in [1.29, 1.82) is 0 Å². The van der Waals surface area contributed by atoms with Crippen molar-refractivity contribution in [1.82, 2.24) is 0 Å². The SMILES string of the molecule is CCOC(=O)C[C@H]1CC[C@H](C)[C@@H](/C(C)=C/C=C[C@@H](C)C/C(C)=C/[C@H](C)[C@@H](OC)[C@@H](C)O[Si](C)(C)C(C)(C)C)O1. The van der Waals surface area contributed by atoms with Crippen molar-refractivity contribution in [2.75, 3.05) is 13.7 Å². The lowest BCUT2D eigenvalue weighted by atomic mass is 9.88. The third kappa shape index (κ3) is 12.0. The molecule has 0 aromatic heterocycles. The van der Waals surface area contributed by atoms with E-state index in [-0.39, 0.29) is 41.3 Å². The Kier molecular flexibility index (Phi) is 15.0. The molecule has 1 fully saturated rings. The van der Waals surface area contributed by atoms with Crippen LogP contribution in [-0.4, -0.2) is 52.4 Å². The Bertz CT molecular complexity index is 838. The third-order valence-corrected chi connectivity index (χ3v) is 13.1. The van der Waals surface area contributed by atoms with E-state index in [0.29, 0.717) is 24.9 Å². The van der Waals surface area contributed by atoms with Crippen LogP contribution < -0.4 is 0 Å². The van der Waals surface area contributed by atoms with E-state index in [1.165, 1.54) is 11.1 Å². The molecule has 0 radical (unpaired) electrons. The number of hydrogen-bond donors (Lipinski definition) is 0. The first kappa shape index (κ1) is 35.8. The molecule has 39 heavy (non-hydrogen) atoms. The number of carbonyl (C=O) groups is 1. The number of carbonyl (C=O) groups excluding carboxylic acids is 1. The molecule has 0 amide bonds. The van der Waals surface area contributed by atoms with Crippen LogP contribution >= 0.6 is 0 Å². The van der Waals surface area contributed by atoms with Crippen molar-refractivity contribution < 1.29 is 23.4 Å². The lowest BCUT2D eigenvalue weighted by Crippen LogP contribution is -2.47. The van der Waals surface area contributed by atoms with Crippen molar-refractivity contribution in [2.45, 2.75) is 137 Å². The van der Waals surface area contributed by atoms with Gasteiger partial charge in [0.2, 0.25) is 0 Å². The lowest BCUT2D eigenvalue weighted by Gasteiger charge is -2.41. The van der Waals surface area contributed by atoms with Crippen LogP contribution in [0.15, 0.2) is 35.5 Å². The van der Waals surface area contributed by atoms with Crippen molar-refractivity contribution in [3.05, 3.63) is 35.5 Å². The molecular formula is C33H60O5Si. The van der Waals surface area contributed by atoms with Crippen molar-refractivity contribution in [2.24, 2.45) is 17.8 Å². The molecule has 6 heteroatoms. The zero-order chi connectivity index (χ0) is 30.0. The standard InChI is InChI=1S/C33H60O5Si/c1-14-36-30(34)22-29-19-18-26(5)31(37-29)25(4)17-15-16-23(2)20-24(3)21-27(6)32(35-11)28(7)38-39(12,13)33(8,9)10/h15-17,21,23,26-29,31-32H,14,18-20,22H2,1-13H3/b16-15?,24-21+,25-17+/t23-,26+,27+,28-,29-,31-,32-/m1/s1. The second-order valence-electron chi connectivity index (χ2n) is 13.4. The highest BCUT2D eigenvalue weighted by atomic mass is 28.4. The predicted molar refractivity (Wildman–Crippen MR) is 166 cm³/mol. The Labute approximate surface area is 241 Å². The predicted octanol–water partition coefficient (Wildman–Crippen LogP) is 8.66. The first-order valence-electron chi connectivity index (χ1n) is 15.1. The van der Waals surface area contributed by atoms with E-state index in [0.717, 1.165) is 19.3 Å². The number of allylic oxidation sites excluding steroid dienone is 4. The summed E-state index contributed by atoms with van der Waals surface area (Å²) in [7, 11) is -0.0626. The largest absolute Gasteiger partial charge is 0.466 e. The van der Waals surface area contributed by atoms with Gasteiger partial charge in [0, 0.05) is 13.0 Å². The van der Waals surface area contributed by atoms with Crippen LogP contribution in [0.4, 0.5) is 0 Å². The van der Waals surface area contributed by atoms with Gasteiger partial charge >= 0.3 is 5.97 Å². The first-order chi connectivity index (χ1) is 18.0. The molecule has 1 rings (SSSR count). The number of hydrogen-bond acceptors (Lipinski definition) is 5. The number of esters is 1. The Balaban J connectivity index is 2.73. The molecule has 0 bridgehead atoms. The summed E-state index contributed by atoms with van der Waals surface area (Å²) in [5.74, 6) is 0.952. The molecule has 1 heterocycles. The van der Waals surface area contributed by atoms with Gasteiger partial charge in [0.25, 0.3) is 0 Å². The maximum Gasteiger partial charge on any atom is 0.308 e. The zero-order valence-corrected chi connectivity index (χ0v) is 28.4. The smallest absolute Gasteiger partial charge is 0.308 e. The van der Waals surface area contributed by atoms with Gasteiger partial charge in [-0.25, -0.2) is 0 Å². The summed E-state index contributed by atoms with van der Waals surface area (Å²) >= 11 is 0. The molecule has 5 nitrogen and oxygen atoms in total. The second-order valence-corrected chi connectivity index (χ2v) is 18.1. The van der Waals surface area contributed by atoms with Crippen LogP contribution in [0.25, 0.3) is 0 Å². The summed E-state index contributed by atoms with van der Waals surface area (Å²) in [6.45, 7) is 26.9. The van der Waals surface area contributed by atoms with Gasteiger partial charge in [-0.3, -0.25) is 4.79 Å². The van der Waals surface area contributed by atoms with Crippen molar-refractivity contribution in [3.63, 3.8) is 0 Å². The molecule has 0 N–H and O–H groups in total. The minimum absolute atomic E-state index is 0.0237. The quantitative estimate of drug-likeness (QED) is 0.0914. The highest BCUT2D eigenvalue weighted by Crippen LogP contribution is 2.38. The van der Waals surface area contributed by atoms with Crippen LogP contribution in [0.1, 0.15) is 94.9 Å². The second kappa shape index (κ2) is 16.3. The fourth-order valence-electron chi connectivity index (χ4n) is 5.34. The van der Waals surface area contributed by atoms with E-state index in [9.17, 15) is 4.79 Å². The number of methoxy groups -OCH3 is 1. The van der Waals surface area contributed by atoms with E-state index in [1.807, 2.05) is 6.92 Å². The maximum absolute atomic E-state index is 11.9. The van der Waals surface area contributed by atoms with E-state index in [2.05, 4.69) is 99.7 Å². The van der Waals surface area contributed by atoms with Crippen LogP contribution in [0.5, 0.6) is 0 Å². The van der Waals surface area contributed by atoms with Gasteiger partial charge in [-0.15, -0.1) is 0 Å². The highest BCUT2D eigenvalue weighted by Gasteiger charge is 2.40. The minimum atomic E-state index is -1.86. The average Bonchev–Trinajstić information content (AvgIpc) is 2.79. The van der Waals surface area contributed by atoms with Crippen molar-refractivity contribution in [3.8, 4) is 0 Å². The monoisotopic (exact) mass is 564 g/mol. The first-order valence-corrected chi connectivity index (χ1v) is 18.0. The molecule has 0 aromatic rings. The summed E-state index contributed by atoms with van der Waals surface area (Å²) in [6.07, 6.45) is 12.3. The molecule has 0 spiro atoms. The van der Waals surface area contributed by atoms with Gasteiger partial charge in [0.05, 0.1) is 37.4 Å². The Morgan fingerprint density at radius 3 is 2.33 bits per heavy atom. The van der Waals surface area contributed by atoms with E-state index >= 15 is 0 Å². The molecular weight excluding hydrogens is 504 g/mol. The van der Waals surface area contributed by atoms with E-state index < -0.39 is 8.32 Å². The maximum atomic E-state index is 11.9. The molecule has 7 atom stereocenters. The number of rotatable bonds is 14. The summed E-state index contributed by atoms with van der Waals surface area (Å²) in [5, 5.41) is 0.175. The fraction of sp³-hybridized carbons (Fsp3) is 0.788. The van der Waals surface area contributed by atoms with Gasteiger partial charge < -0.3 is 18.6 Å². The molecule has 0 aromatic carbocycles. The normalized spacial score (nSPS) is 24.9. The summed E-state index contributed by atoms with van der Waals surface area (Å²) in [4.78, 5) is 11.9. The van der Waals surface area contributed by atoms with Crippen LogP contribution in [-0.2, 0) is 23.4 Å². The average molecular weight is 565 g/mol. The third-order valence-electron chi connectivity index (χ3n) is 8.48. The van der Waals surface area contributed by atoms with Gasteiger partial charge in [-0.05, 0) is 82.5 Å². The number of ether oxygens (including phenoxy) is 3. The highest BCUT2D eigenvalue weighted by molar-refractivity contribution is 6.74. The fourth-order valence-corrected chi connectivity index (χ4v) is 6.76.